The van der Waals surface area contributed by atoms with Crippen molar-refractivity contribution in [2.45, 2.75) is 5.92 Å². The average Bonchev–Trinajstić information content (AvgIpc) is 2.93. The molecule has 0 saturated heterocycles. The zero-order chi connectivity index (χ0) is 27.7. The highest BCUT2D eigenvalue weighted by molar-refractivity contribution is 14.1. The van der Waals surface area contributed by atoms with Gasteiger partial charge in [0.1, 0.15) is 34.5 Å². The molecule has 0 fully saturated rings. The Hall–Kier alpha value is -4.37. The Kier molecular flexibility index (Phi) is 7.26. The molecule has 0 aliphatic carbocycles. The Labute approximate surface area is 239 Å². The summed E-state index contributed by atoms with van der Waals surface area (Å²) in [4.78, 5) is 0. The predicted molar refractivity (Wildman–Crippen MR) is 159 cm³/mol. The van der Waals surface area contributed by atoms with E-state index in [1.54, 1.807) is 84.9 Å². The second-order valence-electron chi connectivity index (χ2n) is 9.13. The van der Waals surface area contributed by atoms with E-state index in [1.165, 1.54) is 7.11 Å². The SMILES string of the molecule is COc1cc(C(c2cc(-c3ccc(O)cc3)ccc2O)c2cc(-c3ccc(O)cc3)ccc2O)cc(O)c1I. The van der Waals surface area contributed by atoms with Crippen LogP contribution in [0.15, 0.2) is 97.1 Å². The zero-order valence-electron chi connectivity index (χ0n) is 20.8. The number of hydrogen-bond acceptors (Lipinski definition) is 6. The Balaban J connectivity index is 1.76. The van der Waals surface area contributed by atoms with Crippen LogP contribution in [-0.4, -0.2) is 32.6 Å². The Morgan fingerprint density at radius 2 is 0.974 bits per heavy atom. The van der Waals surface area contributed by atoms with Gasteiger partial charge in [-0.3, -0.25) is 0 Å². The summed E-state index contributed by atoms with van der Waals surface area (Å²) in [5.74, 6) is 0.0808. The number of benzene rings is 5. The summed E-state index contributed by atoms with van der Waals surface area (Å²) < 4.78 is 6.06. The van der Waals surface area contributed by atoms with Crippen LogP contribution >= 0.6 is 22.6 Å². The molecular formula is C32H25IO6. The lowest BCUT2D eigenvalue weighted by molar-refractivity contribution is 0.401. The number of rotatable bonds is 6. The van der Waals surface area contributed by atoms with Crippen LogP contribution in [0.25, 0.3) is 22.3 Å². The first-order valence-corrected chi connectivity index (χ1v) is 13.1. The maximum Gasteiger partial charge on any atom is 0.136 e. The van der Waals surface area contributed by atoms with Gasteiger partial charge in [-0.15, -0.1) is 0 Å². The number of aromatic hydroxyl groups is 5. The minimum absolute atomic E-state index is 0.00831. The number of phenolic OH excluding ortho intramolecular Hbond substituents is 5. The van der Waals surface area contributed by atoms with Crippen LogP contribution in [0, 0.1) is 3.57 Å². The Morgan fingerprint density at radius 1 is 0.538 bits per heavy atom. The molecule has 5 aromatic carbocycles. The van der Waals surface area contributed by atoms with Gasteiger partial charge in [0.25, 0.3) is 0 Å². The molecule has 0 unspecified atom stereocenters. The molecule has 196 valence electrons. The van der Waals surface area contributed by atoms with Gasteiger partial charge in [0.2, 0.25) is 0 Å². The van der Waals surface area contributed by atoms with Crippen molar-refractivity contribution >= 4 is 22.6 Å². The van der Waals surface area contributed by atoms with Crippen LogP contribution in [-0.2, 0) is 0 Å². The van der Waals surface area contributed by atoms with Crippen LogP contribution in [0.1, 0.15) is 22.6 Å². The molecule has 0 aromatic heterocycles. The van der Waals surface area contributed by atoms with E-state index in [4.69, 9.17) is 4.74 Å². The number of phenols is 5. The minimum atomic E-state index is -0.698. The molecule has 0 amide bonds. The molecule has 0 aliphatic rings. The maximum absolute atomic E-state index is 11.1. The van der Waals surface area contributed by atoms with Crippen molar-refractivity contribution in [1.82, 2.24) is 0 Å². The second-order valence-corrected chi connectivity index (χ2v) is 10.2. The van der Waals surface area contributed by atoms with E-state index >= 15 is 0 Å². The molecule has 5 N–H and O–H groups in total. The highest BCUT2D eigenvalue weighted by atomic mass is 127. The maximum atomic E-state index is 11.1. The van der Waals surface area contributed by atoms with E-state index in [9.17, 15) is 25.5 Å². The largest absolute Gasteiger partial charge is 0.508 e. The van der Waals surface area contributed by atoms with E-state index in [1.807, 2.05) is 34.7 Å². The van der Waals surface area contributed by atoms with Crippen molar-refractivity contribution in [3.05, 3.63) is 117 Å². The molecule has 6 nitrogen and oxygen atoms in total. The third kappa shape index (κ3) is 5.31. The van der Waals surface area contributed by atoms with Crippen LogP contribution in [0.5, 0.6) is 34.5 Å². The molecule has 7 heteroatoms. The van der Waals surface area contributed by atoms with E-state index in [2.05, 4.69) is 0 Å². The summed E-state index contributed by atoms with van der Waals surface area (Å²) in [6, 6.07) is 27.3. The van der Waals surface area contributed by atoms with E-state index < -0.39 is 5.92 Å². The first-order chi connectivity index (χ1) is 18.7. The molecule has 0 radical (unpaired) electrons. The number of methoxy groups -OCH3 is 1. The first kappa shape index (κ1) is 26.2. The molecule has 0 saturated carbocycles. The first-order valence-electron chi connectivity index (χ1n) is 12.1. The van der Waals surface area contributed by atoms with Crippen molar-refractivity contribution in [1.29, 1.82) is 0 Å². The monoisotopic (exact) mass is 632 g/mol. The molecule has 0 heterocycles. The Bertz CT molecular complexity index is 1550. The van der Waals surface area contributed by atoms with Gasteiger partial charge in [0.15, 0.2) is 0 Å². The molecule has 39 heavy (non-hydrogen) atoms. The normalized spacial score (nSPS) is 11.1. The highest BCUT2D eigenvalue weighted by Crippen LogP contribution is 2.46. The van der Waals surface area contributed by atoms with Gasteiger partial charge in [-0.2, -0.15) is 0 Å². The minimum Gasteiger partial charge on any atom is -0.508 e. The highest BCUT2D eigenvalue weighted by Gasteiger charge is 2.26. The lowest BCUT2D eigenvalue weighted by Gasteiger charge is -2.23. The fourth-order valence-corrected chi connectivity index (χ4v) is 5.22. The summed E-state index contributed by atoms with van der Waals surface area (Å²) in [5, 5.41) is 52.5. The van der Waals surface area contributed by atoms with Crippen molar-refractivity contribution in [3.8, 4) is 56.8 Å². The molecule has 0 bridgehead atoms. The number of halogens is 1. The van der Waals surface area contributed by atoms with Crippen LogP contribution < -0.4 is 4.74 Å². The predicted octanol–water partition coefficient (Wildman–Crippen LogP) is 7.34. The van der Waals surface area contributed by atoms with Gasteiger partial charge in [0.05, 0.1) is 10.7 Å². The standard InChI is InChI=1S/C32H25IO6/c1-39-30-17-22(16-29(38)32(30)33)31(25-14-20(6-12-27(25)36)18-2-8-23(34)9-3-18)26-15-21(7-13-28(26)37)19-4-10-24(35)11-5-19/h2-17,31,34-38H,1H3. The molecule has 0 aliphatic heterocycles. The molecule has 5 aromatic rings. The van der Waals surface area contributed by atoms with Gasteiger partial charge < -0.3 is 30.3 Å². The van der Waals surface area contributed by atoms with Gasteiger partial charge >= 0.3 is 0 Å². The lowest BCUT2D eigenvalue weighted by Crippen LogP contribution is -2.06. The number of ether oxygens (including phenoxy) is 1. The molecule has 0 atom stereocenters. The van der Waals surface area contributed by atoms with E-state index in [-0.39, 0.29) is 28.7 Å². The summed E-state index contributed by atoms with van der Waals surface area (Å²) in [6.07, 6.45) is 0. The molecule has 0 spiro atoms. The van der Waals surface area contributed by atoms with Gasteiger partial charge in [-0.1, -0.05) is 36.4 Å². The van der Waals surface area contributed by atoms with E-state index in [0.29, 0.717) is 26.0 Å². The number of hydrogen-bond donors (Lipinski definition) is 5. The van der Waals surface area contributed by atoms with Gasteiger partial charge in [-0.05, 0) is 111 Å². The average molecular weight is 632 g/mol. The fraction of sp³-hybridized carbons (Fsp3) is 0.0625. The van der Waals surface area contributed by atoms with Crippen molar-refractivity contribution < 1.29 is 30.3 Å². The van der Waals surface area contributed by atoms with Crippen LogP contribution in [0.2, 0.25) is 0 Å². The molecular weight excluding hydrogens is 607 g/mol. The van der Waals surface area contributed by atoms with Crippen LogP contribution in [0.3, 0.4) is 0 Å². The van der Waals surface area contributed by atoms with Crippen molar-refractivity contribution in [2.75, 3.05) is 7.11 Å². The quantitative estimate of drug-likeness (QED) is 0.0990. The Morgan fingerprint density at radius 3 is 1.41 bits per heavy atom. The third-order valence-electron chi connectivity index (χ3n) is 6.67. The fourth-order valence-electron chi connectivity index (χ4n) is 4.68. The van der Waals surface area contributed by atoms with Crippen LogP contribution in [0.4, 0.5) is 0 Å². The summed E-state index contributed by atoms with van der Waals surface area (Å²) in [7, 11) is 1.52. The summed E-state index contributed by atoms with van der Waals surface area (Å²) in [5.41, 5.74) is 4.85. The van der Waals surface area contributed by atoms with Crippen molar-refractivity contribution in [2.24, 2.45) is 0 Å². The van der Waals surface area contributed by atoms with E-state index in [0.717, 1.165) is 22.3 Å². The summed E-state index contributed by atoms with van der Waals surface area (Å²) >= 11 is 2.00. The molecule has 5 rings (SSSR count). The second kappa shape index (κ2) is 10.8. The summed E-state index contributed by atoms with van der Waals surface area (Å²) in [6.45, 7) is 0. The van der Waals surface area contributed by atoms with Crippen molar-refractivity contribution in [3.63, 3.8) is 0 Å². The van der Waals surface area contributed by atoms with Gasteiger partial charge in [-0.25, -0.2) is 0 Å². The topological polar surface area (TPSA) is 110 Å². The smallest absolute Gasteiger partial charge is 0.136 e. The third-order valence-corrected chi connectivity index (χ3v) is 7.76. The lowest BCUT2D eigenvalue weighted by atomic mass is 9.82. The van der Waals surface area contributed by atoms with Gasteiger partial charge in [0, 0.05) is 17.0 Å². The zero-order valence-corrected chi connectivity index (χ0v) is 23.0.